The number of amides is 2. The van der Waals surface area contributed by atoms with E-state index in [1.54, 1.807) is 23.1 Å². The Morgan fingerprint density at radius 1 is 0.947 bits per heavy atom. The summed E-state index contributed by atoms with van der Waals surface area (Å²) >= 11 is 6.81. The third-order valence-electron chi connectivity index (χ3n) is 5.97. The van der Waals surface area contributed by atoms with Crippen molar-refractivity contribution in [3.63, 3.8) is 0 Å². The van der Waals surface area contributed by atoms with Gasteiger partial charge in [-0.15, -0.1) is 0 Å². The fourth-order valence-corrected chi connectivity index (χ4v) is 5.45. The predicted octanol–water partition coefficient (Wildman–Crippen LogP) is 6.74. The molecule has 0 atom stereocenters. The normalized spacial score (nSPS) is 14.2. The third kappa shape index (κ3) is 6.26. The molecular weight excluding hydrogens is 516 g/mol. The summed E-state index contributed by atoms with van der Waals surface area (Å²) in [4.78, 5) is 27.9. The molecule has 1 heterocycles. The quantitative estimate of drug-likeness (QED) is 0.249. The molecule has 0 spiro atoms. The predicted molar refractivity (Wildman–Crippen MR) is 159 cm³/mol. The first-order valence-electron chi connectivity index (χ1n) is 12.3. The minimum atomic E-state index is -0.265. The molecule has 1 fully saturated rings. The average molecular weight is 547 g/mol. The van der Waals surface area contributed by atoms with Gasteiger partial charge in [-0.2, -0.15) is 0 Å². The first-order chi connectivity index (χ1) is 18.2. The van der Waals surface area contributed by atoms with Crippen LogP contribution in [0.5, 0.6) is 11.5 Å². The number of nitrogens with one attached hydrogen (secondary N) is 1. The fraction of sp³-hybridized carbons (Fsp3) is 0.233. The van der Waals surface area contributed by atoms with Crippen LogP contribution in [0.15, 0.2) is 59.5 Å². The lowest BCUT2D eigenvalue weighted by Crippen LogP contribution is -2.28. The molecule has 38 heavy (non-hydrogen) atoms. The minimum absolute atomic E-state index is 0.159. The lowest BCUT2D eigenvalue weighted by Gasteiger charge is -2.17. The smallest absolute Gasteiger partial charge is 0.270 e. The van der Waals surface area contributed by atoms with E-state index in [0.29, 0.717) is 27.3 Å². The number of thiocarbonyl (C=S) groups is 1. The van der Waals surface area contributed by atoms with Gasteiger partial charge in [-0.05, 0) is 81.7 Å². The maximum absolute atomic E-state index is 13.3. The number of carbonyl (C=O) groups excluding carboxylic acids is 2. The van der Waals surface area contributed by atoms with Crippen LogP contribution in [0.3, 0.4) is 0 Å². The molecule has 0 unspecified atom stereocenters. The Labute approximate surface area is 233 Å². The van der Waals surface area contributed by atoms with E-state index < -0.39 is 0 Å². The van der Waals surface area contributed by atoms with Gasteiger partial charge in [0, 0.05) is 5.69 Å². The van der Waals surface area contributed by atoms with Crippen LogP contribution in [0.25, 0.3) is 6.08 Å². The first-order valence-corrected chi connectivity index (χ1v) is 13.5. The van der Waals surface area contributed by atoms with Crippen molar-refractivity contribution in [1.29, 1.82) is 0 Å². The Morgan fingerprint density at radius 2 is 1.66 bits per heavy atom. The summed E-state index contributed by atoms with van der Waals surface area (Å²) in [5.41, 5.74) is 6.54. The van der Waals surface area contributed by atoms with Gasteiger partial charge in [0.25, 0.3) is 11.8 Å². The number of ether oxygens (including phenoxy) is 2. The molecule has 6 nitrogen and oxygen atoms in total. The lowest BCUT2D eigenvalue weighted by molar-refractivity contribution is -0.118. The second-order valence-corrected chi connectivity index (χ2v) is 10.8. The summed E-state index contributed by atoms with van der Waals surface area (Å²) in [6.07, 6.45) is 1.79. The van der Waals surface area contributed by atoms with E-state index >= 15 is 0 Å². The number of aryl methyl sites for hydroxylation is 4. The van der Waals surface area contributed by atoms with Crippen LogP contribution in [0.4, 0.5) is 11.4 Å². The number of benzene rings is 3. The molecule has 3 aromatic carbocycles. The number of nitrogens with zero attached hydrogens (tertiary/aromatic N) is 1. The number of hydrogen-bond acceptors (Lipinski definition) is 6. The highest BCUT2D eigenvalue weighted by molar-refractivity contribution is 8.27. The van der Waals surface area contributed by atoms with Gasteiger partial charge in [-0.1, -0.05) is 65.4 Å². The van der Waals surface area contributed by atoms with Crippen molar-refractivity contribution in [3.8, 4) is 11.5 Å². The van der Waals surface area contributed by atoms with Crippen LogP contribution in [0, 0.1) is 27.7 Å². The van der Waals surface area contributed by atoms with E-state index in [0.717, 1.165) is 39.2 Å². The highest BCUT2D eigenvalue weighted by atomic mass is 32.2. The Morgan fingerprint density at radius 3 is 2.34 bits per heavy atom. The topological polar surface area (TPSA) is 67.9 Å². The van der Waals surface area contributed by atoms with Crippen molar-refractivity contribution in [2.75, 3.05) is 23.4 Å². The molecule has 0 saturated carbocycles. The van der Waals surface area contributed by atoms with Gasteiger partial charge in [0.15, 0.2) is 22.4 Å². The van der Waals surface area contributed by atoms with Crippen molar-refractivity contribution in [2.45, 2.75) is 34.6 Å². The standard InChI is InChI=1S/C30H30N2O4S2/c1-6-35-26-15-22(9-12-25(26)36-17-28(33)31-23-10-7-18(2)13-20(23)4)16-27-29(34)32(30(37)38-27)24-11-8-19(3)14-21(24)5/h7-16H,6,17H2,1-5H3,(H,31,33)/b27-16-. The lowest BCUT2D eigenvalue weighted by atomic mass is 10.1. The average Bonchev–Trinajstić information content (AvgIpc) is 3.13. The molecule has 0 aliphatic carbocycles. The highest BCUT2D eigenvalue weighted by Crippen LogP contribution is 2.38. The third-order valence-corrected chi connectivity index (χ3v) is 7.27. The summed E-state index contributed by atoms with van der Waals surface area (Å²) in [5, 5.41) is 2.88. The van der Waals surface area contributed by atoms with Crippen LogP contribution in [-0.4, -0.2) is 29.3 Å². The molecule has 1 N–H and O–H groups in total. The molecule has 196 valence electrons. The van der Waals surface area contributed by atoms with Crippen molar-refractivity contribution in [1.82, 2.24) is 0 Å². The van der Waals surface area contributed by atoms with E-state index in [1.165, 1.54) is 11.8 Å². The zero-order chi connectivity index (χ0) is 27.4. The molecule has 0 radical (unpaired) electrons. The Bertz CT molecular complexity index is 1450. The van der Waals surface area contributed by atoms with Gasteiger partial charge in [-0.3, -0.25) is 14.5 Å². The van der Waals surface area contributed by atoms with E-state index in [-0.39, 0.29) is 18.4 Å². The SMILES string of the molecule is CCOc1cc(/C=C2\SC(=S)N(c3ccc(C)cc3C)C2=O)ccc1OCC(=O)Nc1ccc(C)cc1C. The van der Waals surface area contributed by atoms with Crippen molar-refractivity contribution >= 4 is 57.6 Å². The van der Waals surface area contributed by atoms with E-state index in [9.17, 15) is 9.59 Å². The minimum Gasteiger partial charge on any atom is -0.490 e. The number of hydrogen-bond donors (Lipinski definition) is 1. The molecule has 4 rings (SSSR count). The first kappa shape index (κ1) is 27.4. The number of carbonyl (C=O) groups is 2. The second-order valence-electron chi connectivity index (χ2n) is 9.10. The van der Waals surface area contributed by atoms with E-state index in [2.05, 4.69) is 5.32 Å². The van der Waals surface area contributed by atoms with Gasteiger partial charge >= 0.3 is 0 Å². The van der Waals surface area contributed by atoms with Gasteiger partial charge in [0.1, 0.15) is 0 Å². The molecular formula is C30H30N2O4S2. The maximum Gasteiger partial charge on any atom is 0.270 e. The van der Waals surface area contributed by atoms with Crippen LogP contribution in [-0.2, 0) is 9.59 Å². The largest absolute Gasteiger partial charge is 0.490 e. The van der Waals surface area contributed by atoms with Gasteiger partial charge in [-0.25, -0.2) is 0 Å². The van der Waals surface area contributed by atoms with Crippen molar-refractivity contribution in [3.05, 3.63) is 87.3 Å². The molecule has 2 amide bonds. The van der Waals surface area contributed by atoms with Crippen molar-refractivity contribution in [2.24, 2.45) is 0 Å². The number of rotatable bonds is 8. The summed E-state index contributed by atoms with van der Waals surface area (Å²) in [5.74, 6) is 0.514. The van der Waals surface area contributed by atoms with Gasteiger partial charge in [0.2, 0.25) is 0 Å². The molecule has 0 bridgehead atoms. The second kappa shape index (κ2) is 11.8. The highest BCUT2D eigenvalue weighted by Gasteiger charge is 2.34. The monoisotopic (exact) mass is 546 g/mol. The van der Waals surface area contributed by atoms with Crippen LogP contribution in [0.1, 0.15) is 34.7 Å². The zero-order valence-electron chi connectivity index (χ0n) is 22.1. The Balaban J connectivity index is 1.49. The molecule has 8 heteroatoms. The maximum atomic E-state index is 13.3. The molecule has 3 aromatic rings. The summed E-state index contributed by atoms with van der Waals surface area (Å²) in [6.45, 7) is 10.1. The van der Waals surface area contributed by atoms with Crippen LogP contribution in [0.2, 0.25) is 0 Å². The zero-order valence-corrected chi connectivity index (χ0v) is 23.7. The molecule has 1 saturated heterocycles. The number of anilines is 2. The van der Waals surface area contributed by atoms with Gasteiger partial charge in [0.05, 0.1) is 17.2 Å². The van der Waals surface area contributed by atoms with E-state index in [4.69, 9.17) is 21.7 Å². The van der Waals surface area contributed by atoms with Crippen LogP contribution < -0.4 is 19.7 Å². The summed E-state index contributed by atoms with van der Waals surface area (Å²) < 4.78 is 12.1. The summed E-state index contributed by atoms with van der Waals surface area (Å²) in [6, 6.07) is 17.1. The van der Waals surface area contributed by atoms with Crippen molar-refractivity contribution < 1.29 is 19.1 Å². The van der Waals surface area contributed by atoms with Crippen LogP contribution >= 0.6 is 24.0 Å². The molecule has 1 aliphatic heterocycles. The molecule has 0 aromatic heterocycles. The number of thioether (sulfide) groups is 1. The fourth-order valence-electron chi connectivity index (χ4n) is 4.17. The Kier molecular flexibility index (Phi) is 8.54. The summed E-state index contributed by atoms with van der Waals surface area (Å²) in [7, 11) is 0. The molecule has 1 aliphatic rings. The Hall–Kier alpha value is -3.62. The van der Waals surface area contributed by atoms with Gasteiger partial charge < -0.3 is 14.8 Å². The van der Waals surface area contributed by atoms with E-state index in [1.807, 2.05) is 77.1 Å².